The van der Waals surface area contributed by atoms with Gasteiger partial charge >= 0.3 is 0 Å². The van der Waals surface area contributed by atoms with Crippen LogP contribution in [-0.2, 0) is 0 Å². The van der Waals surface area contributed by atoms with E-state index in [1.54, 1.807) is 0 Å². The molecule has 134 valence electrons. The van der Waals surface area contributed by atoms with Gasteiger partial charge in [-0.15, -0.1) is 0 Å². The molecule has 2 heteroatoms. The third kappa shape index (κ3) is 5.20. The summed E-state index contributed by atoms with van der Waals surface area (Å²) in [6.07, 6.45) is 4.27. The Morgan fingerprint density at radius 2 is 1.32 bits per heavy atom. The van der Waals surface area contributed by atoms with Crippen molar-refractivity contribution in [2.24, 2.45) is 0 Å². The van der Waals surface area contributed by atoms with Gasteiger partial charge in [0.25, 0.3) is 0 Å². The first-order chi connectivity index (χ1) is 12.1. The van der Waals surface area contributed by atoms with Gasteiger partial charge in [0, 0.05) is 0 Å². The van der Waals surface area contributed by atoms with Crippen LogP contribution in [0, 0.1) is 0 Å². The first-order valence-electron chi connectivity index (χ1n) is 9.45. The van der Waals surface area contributed by atoms with Crippen molar-refractivity contribution in [3.8, 4) is 5.75 Å². The predicted octanol–water partition coefficient (Wildman–Crippen LogP) is 5.50. The van der Waals surface area contributed by atoms with E-state index in [1.807, 2.05) is 6.07 Å². The standard InChI is InChI=1S/C23H32NO/c1-5-24(6-2,7-3)20(4)19-25-23-17-15-22(16-18-23)14-13-21-11-9-8-10-12-21/h8-18,20H,5-7,19H2,1-4H3/q+1/b14-13+. The van der Waals surface area contributed by atoms with E-state index in [4.69, 9.17) is 4.74 Å². The van der Waals surface area contributed by atoms with E-state index in [0.717, 1.165) is 36.5 Å². The van der Waals surface area contributed by atoms with Gasteiger partial charge in [0.1, 0.15) is 18.4 Å². The molecule has 2 aromatic carbocycles. The summed E-state index contributed by atoms with van der Waals surface area (Å²) in [5.74, 6) is 0.949. The number of benzene rings is 2. The van der Waals surface area contributed by atoms with Crippen molar-refractivity contribution in [1.29, 1.82) is 0 Å². The van der Waals surface area contributed by atoms with Gasteiger partial charge < -0.3 is 9.22 Å². The Morgan fingerprint density at radius 1 is 0.800 bits per heavy atom. The minimum Gasteiger partial charge on any atom is -0.487 e. The summed E-state index contributed by atoms with van der Waals surface area (Å²) in [4.78, 5) is 0. The van der Waals surface area contributed by atoms with Gasteiger partial charge in [0.15, 0.2) is 0 Å². The fourth-order valence-corrected chi connectivity index (χ4v) is 3.41. The number of ether oxygens (including phenoxy) is 1. The largest absolute Gasteiger partial charge is 0.487 e. The average Bonchev–Trinajstić information content (AvgIpc) is 2.68. The highest BCUT2D eigenvalue weighted by Gasteiger charge is 2.28. The zero-order valence-electron chi connectivity index (χ0n) is 16.1. The molecule has 0 spiro atoms. The number of hydrogen-bond donors (Lipinski definition) is 0. The number of hydrogen-bond acceptors (Lipinski definition) is 1. The highest BCUT2D eigenvalue weighted by atomic mass is 16.5. The van der Waals surface area contributed by atoms with Gasteiger partial charge in [-0.05, 0) is 51.0 Å². The predicted molar refractivity (Wildman–Crippen MR) is 109 cm³/mol. The van der Waals surface area contributed by atoms with Gasteiger partial charge in [-0.2, -0.15) is 0 Å². The van der Waals surface area contributed by atoms with Gasteiger partial charge in [0.2, 0.25) is 0 Å². The Kier molecular flexibility index (Phi) is 7.27. The van der Waals surface area contributed by atoms with Crippen molar-refractivity contribution in [1.82, 2.24) is 0 Å². The van der Waals surface area contributed by atoms with Crippen molar-refractivity contribution >= 4 is 12.2 Å². The monoisotopic (exact) mass is 338 g/mol. The Morgan fingerprint density at radius 3 is 1.84 bits per heavy atom. The van der Waals surface area contributed by atoms with E-state index in [1.165, 1.54) is 11.1 Å². The van der Waals surface area contributed by atoms with Crippen LogP contribution in [0.5, 0.6) is 5.75 Å². The molecule has 0 fully saturated rings. The summed E-state index contributed by atoms with van der Waals surface area (Å²) in [5, 5.41) is 0. The molecule has 0 saturated carbocycles. The molecule has 2 aromatic rings. The number of rotatable bonds is 9. The van der Waals surface area contributed by atoms with E-state index in [2.05, 4.69) is 88.4 Å². The van der Waals surface area contributed by atoms with Crippen molar-refractivity contribution in [3.63, 3.8) is 0 Å². The third-order valence-corrected chi connectivity index (χ3v) is 5.46. The van der Waals surface area contributed by atoms with E-state index >= 15 is 0 Å². The van der Waals surface area contributed by atoms with Crippen molar-refractivity contribution < 1.29 is 9.22 Å². The molecule has 1 unspecified atom stereocenters. The molecule has 25 heavy (non-hydrogen) atoms. The fraction of sp³-hybridized carbons (Fsp3) is 0.391. The van der Waals surface area contributed by atoms with Crippen LogP contribution in [0.1, 0.15) is 38.8 Å². The van der Waals surface area contributed by atoms with Crippen LogP contribution in [0.25, 0.3) is 12.2 Å². The lowest BCUT2D eigenvalue weighted by Gasteiger charge is -2.41. The maximum Gasteiger partial charge on any atom is 0.140 e. The smallest absolute Gasteiger partial charge is 0.140 e. The second-order valence-electron chi connectivity index (χ2n) is 6.64. The first-order valence-corrected chi connectivity index (χ1v) is 9.45. The maximum atomic E-state index is 6.06. The topological polar surface area (TPSA) is 9.23 Å². The summed E-state index contributed by atoms with van der Waals surface area (Å²) in [5.41, 5.74) is 2.40. The molecule has 0 heterocycles. The van der Waals surface area contributed by atoms with E-state index in [0.29, 0.717) is 6.04 Å². The van der Waals surface area contributed by atoms with Crippen molar-refractivity contribution in [3.05, 3.63) is 65.7 Å². The van der Waals surface area contributed by atoms with Gasteiger partial charge in [0.05, 0.1) is 19.6 Å². The van der Waals surface area contributed by atoms with Gasteiger partial charge in [-0.25, -0.2) is 0 Å². The molecule has 0 N–H and O–H groups in total. The molecule has 1 atom stereocenters. The average molecular weight is 339 g/mol. The highest BCUT2D eigenvalue weighted by Crippen LogP contribution is 2.18. The molecule has 0 radical (unpaired) electrons. The lowest BCUT2D eigenvalue weighted by molar-refractivity contribution is -0.944. The second kappa shape index (κ2) is 9.43. The molecular weight excluding hydrogens is 306 g/mol. The van der Waals surface area contributed by atoms with Crippen molar-refractivity contribution in [2.45, 2.75) is 33.7 Å². The summed E-state index contributed by atoms with van der Waals surface area (Å²) in [7, 11) is 0. The number of quaternary nitrogens is 1. The fourth-order valence-electron chi connectivity index (χ4n) is 3.41. The quantitative estimate of drug-likeness (QED) is 0.433. The number of likely N-dealkylation sites (N-methyl/N-ethyl adjacent to an activating group) is 1. The molecule has 0 aliphatic rings. The number of nitrogens with zero attached hydrogens (tertiary/aromatic N) is 1. The molecule has 0 aromatic heterocycles. The Bertz CT molecular complexity index is 633. The lowest BCUT2D eigenvalue weighted by atomic mass is 10.1. The minimum atomic E-state index is 0.498. The lowest BCUT2D eigenvalue weighted by Crippen LogP contribution is -2.56. The molecule has 2 rings (SSSR count). The Balaban J connectivity index is 1.93. The maximum absolute atomic E-state index is 6.06. The van der Waals surface area contributed by atoms with Crippen LogP contribution >= 0.6 is 0 Å². The van der Waals surface area contributed by atoms with Crippen molar-refractivity contribution in [2.75, 3.05) is 26.2 Å². The summed E-state index contributed by atoms with van der Waals surface area (Å²) in [6.45, 7) is 13.3. The van der Waals surface area contributed by atoms with Gasteiger partial charge in [-0.3, -0.25) is 0 Å². The minimum absolute atomic E-state index is 0.498. The molecule has 0 saturated heterocycles. The third-order valence-electron chi connectivity index (χ3n) is 5.46. The van der Waals surface area contributed by atoms with E-state index < -0.39 is 0 Å². The van der Waals surface area contributed by atoms with Crippen LogP contribution < -0.4 is 4.74 Å². The zero-order chi connectivity index (χ0) is 18.1. The Labute approximate surface area is 153 Å². The van der Waals surface area contributed by atoms with E-state index in [9.17, 15) is 0 Å². The SMILES string of the molecule is CC[N+](CC)(CC)C(C)COc1ccc(/C=C/c2ccccc2)cc1. The first kappa shape index (κ1) is 19.3. The Hall–Kier alpha value is -2.06. The van der Waals surface area contributed by atoms with Crippen LogP contribution in [0.4, 0.5) is 0 Å². The molecular formula is C23H32NO+. The van der Waals surface area contributed by atoms with Crippen LogP contribution in [0.15, 0.2) is 54.6 Å². The summed E-state index contributed by atoms with van der Waals surface area (Å²) in [6, 6.07) is 19.2. The molecule has 0 aliphatic heterocycles. The van der Waals surface area contributed by atoms with Crippen LogP contribution in [0.3, 0.4) is 0 Å². The molecule has 0 amide bonds. The molecule has 0 aliphatic carbocycles. The normalized spacial score (nSPS) is 13.1. The second-order valence-corrected chi connectivity index (χ2v) is 6.64. The molecule has 2 nitrogen and oxygen atoms in total. The molecule has 0 bridgehead atoms. The van der Waals surface area contributed by atoms with Gasteiger partial charge in [-0.1, -0.05) is 54.6 Å². The summed E-state index contributed by atoms with van der Waals surface area (Å²) < 4.78 is 7.17. The zero-order valence-corrected chi connectivity index (χ0v) is 16.1. The van der Waals surface area contributed by atoms with Crippen LogP contribution in [0.2, 0.25) is 0 Å². The van der Waals surface area contributed by atoms with Crippen LogP contribution in [-0.4, -0.2) is 36.8 Å². The van der Waals surface area contributed by atoms with E-state index in [-0.39, 0.29) is 0 Å². The highest BCUT2D eigenvalue weighted by molar-refractivity contribution is 5.69. The summed E-state index contributed by atoms with van der Waals surface area (Å²) >= 11 is 0.